The summed E-state index contributed by atoms with van der Waals surface area (Å²) < 4.78 is 15.6. The fourth-order valence-corrected chi connectivity index (χ4v) is 3.13. The summed E-state index contributed by atoms with van der Waals surface area (Å²) in [7, 11) is 1.90. The van der Waals surface area contributed by atoms with Gasteiger partial charge >= 0.3 is 0 Å². The van der Waals surface area contributed by atoms with Crippen LogP contribution in [0, 0.1) is 5.82 Å². The van der Waals surface area contributed by atoms with E-state index in [4.69, 9.17) is 0 Å². The molecule has 1 N–H and O–H groups in total. The number of nitrogens with one attached hydrogen (secondary N) is 1. The van der Waals surface area contributed by atoms with Gasteiger partial charge in [-0.1, -0.05) is 26.0 Å². The van der Waals surface area contributed by atoms with Crippen LogP contribution in [0.15, 0.2) is 24.3 Å². The van der Waals surface area contributed by atoms with E-state index in [9.17, 15) is 9.18 Å². The van der Waals surface area contributed by atoms with Crippen molar-refractivity contribution in [3.63, 3.8) is 0 Å². The zero-order valence-electron chi connectivity index (χ0n) is 14.9. The van der Waals surface area contributed by atoms with Gasteiger partial charge in [-0.15, -0.1) is 5.10 Å². The lowest BCUT2D eigenvalue weighted by atomic mass is 10.1. The van der Waals surface area contributed by atoms with E-state index < -0.39 is 0 Å². The summed E-state index contributed by atoms with van der Waals surface area (Å²) in [5, 5.41) is 7.56. The maximum Gasteiger partial charge on any atom is 0.293 e. The average molecular weight is 345 g/mol. The van der Waals surface area contributed by atoms with E-state index in [2.05, 4.69) is 15.4 Å². The van der Waals surface area contributed by atoms with Gasteiger partial charge in [0.05, 0.1) is 0 Å². The van der Waals surface area contributed by atoms with Crippen LogP contribution in [0.2, 0.25) is 0 Å². The van der Waals surface area contributed by atoms with E-state index in [-0.39, 0.29) is 29.5 Å². The molecule has 2 heterocycles. The molecule has 0 spiro atoms. The summed E-state index contributed by atoms with van der Waals surface area (Å²) in [6.45, 7) is 5.24. The molecule has 0 radical (unpaired) electrons. The summed E-state index contributed by atoms with van der Waals surface area (Å²) in [6.07, 6.45) is 2.00. The molecule has 0 bridgehead atoms. The summed E-state index contributed by atoms with van der Waals surface area (Å²) in [5.74, 6) is 0.137. The van der Waals surface area contributed by atoms with Crippen LogP contribution < -0.4 is 5.32 Å². The maximum absolute atomic E-state index is 14.2. The van der Waals surface area contributed by atoms with Crippen molar-refractivity contribution in [2.45, 2.75) is 38.6 Å². The second-order valence-corrected chi connectivity index (χ2v) is 6.69. The van der Waals surface area contributed by atoms with Gasteiger partial charge in [0.2, 0.25) is 5.82 Å². The van der Waals surface area contributed by atoms with Crippen molar-refractivity contribution in [2.75, 3.05) is 20.1 Å². The molecular weight excluding hydrogens is 321 g/mol. The number of carbonyl (C=O) groups is 1. The van der Waals surface area contributed by atoms with E-state index in [1.165, 1.54) is 10.7 Å². The molecule has 1 atom stereocenters. The lowest BCUT2D eigenvalue weighted by Gasteiger charge is -2.31. The first-order valence-electron chi connectivity index (χ1n) is 8.69. The molecule has 6 nitrogen and oxygen atoms in total. The summed E-state index contributed by atoms with van der Waals surface area (Å²) in [5.41, 5.74) is 0.310. The quantitative estimate of drug-likeness (QED) is 0.924. The molecule has 1 aromatic carbocycles. The zero-order valence-corrected chi connectivity index (χ0v) is 14.9. The predicted octanol–water partition coefficient (Wildman–Crippen LogP) is 2.35. The van der Waals surface area contributed by atoms with Crippen LogP contribution in [-0.2, 0) is 0 Å². The van der Waals surface area contributed by atoms with E-state index in [0.717, 1.165) is 12.8 Å². The van der Waals surface area contributed by atoms with Gasteiger partial charge in [0.15, 0.2) is 0 Å². The zero-order chi connectivity index (χ0) is 18.0. The number of likely N-dealkylation sites (N-methyl/N-ethyl adjacent to an activating group) is 1. The molecule has 1 unspecified atom stereocenters. The lowest BCUT2D eigenvalue weighted by Crippen LogP contribution is -2.47. The first-order valence-corrected chi connectivity index (χ1v) is 8.69. The Balaban J connectivity index is 1.94. The van der Waals surface area contributed by atoms with Crippen molar-refractivity contribution in [1.82, 2.24) is 25.0 Å². The van der Waals surface area contributed by atoms with Crippen molar-refractivity contribution < 1.29 is 9.18 Å². The Kier molecular flexibility index (Phi) is 5.13. The highest BCUT2D eigenvalue weighted by molar-refractivity contribution is 5.90. The number of hydrogen-bond acceptors (Lipinski definition) is 4. The molecule has 0 aliphatic carbocycles. The van der Waals surface area contributed by atoms with E-state index in [0.29, 0.717) is 24.6 Å². The second kappa shape index (κ2) is 7.31. The first kappa shape index (κ1) is 17.5. The Hall–Kier alpha value is -2.28. The Morgan fingerprint density at radius 2 is 2.12 bits per heavy atom. The molecule has 1 aliphatic heterocycles. The van der Waals surface area contributed by atoms with E-state index >= 15 is 0 Å². The molecule has 1 aliphatic rings. The van der Waals surface area contributed by atoms with Crippen molar-refractivity contribution in [1.29, 1.82) is 0 Å². The number of likely N-dealkylation sites (tertiary alicyclic amines) is 1. The number of piperidine rings is 1. The largest absolute Gasteiger partial charge is 0.334 e. The fourth-order valence-electron chi connectivity index (χ4n) is 3.13. The third kappa shape index (κ3) is 3.56. The Bertz CT molecular complexity index is 758. The molecule has 1 amide bonds. The third-order valence-electron chi connectivity index (χ3n) is 4.54. The van der Waals surface area contributed by atoms with Crippen LogP contribution in [0.5, 0.6) is 0 Å². The van der Waals surface area contributed by atoms with Crippen molar-refractivity contribution in [3.8, 4) is 5.69 Å². The molecule has 134 valence electrons. The average Bonchev–Trinajstić information content (AvgIpc) is 3.07. The van der Waals surface area contributed by atoms with Crippen LogP contribution in [-0.4, -0.2) is 51.8 Å². The van der Waals surface area contributed by atoms with Gasteiger partial charge in [-0.05, 0) is 32.0 Å². The normalized spacial score (nSPS) is 18.0. The third-order valence-corrected chi connectivity index (χ3v) is 4.54. The number of rotatable bonds is 4. The molecule has 1 aromatic heterocycles. The van der Waals surface area contributed by atoms with Crippen LogP contribution in [0.4, 0.5) is 4.39 Å². The van der Waals surface area contributed by atoms with Gasteiger partial charge in [0, 0.05) is 25.0 Å². The number of halogens is 1. The molecule has 0 saturated carbocycles. The molecule has 1 saturated heterocycles. The highest BCUT2D eigenvalue weighted by atomic mass is 19.1. The van der Waals surface area contributed by atoms with Crippen LogP contribution in [0.3, 0.4) is 0 Å². The van der Waals surface area contributed by atoms with Crippen LogP contribution in [0.25, 0.3) is 5.69 Å². The number of hydrogen-bond donors (Lipinski definition) is 1. The SMILES string of the molecule is CNC1CCCN(C(=O)c2nc(C(C)C)n(-c3ccccc3F)n2)C1. The number of carbonyl (C=O) groups excluding carboxylic acids is 1. The topological polar surface area (TPSA) is 63.1 Å². The Morgan fingerprint density at radius 3 is 2.80 bits per heavy atom. The smallest absolute Gasteiger partial charge is 0.293 e. The molecule has 25 heavy (non-hydrogen) atoms. The highest BCUT2D eigenvalue weighted by Crippen LogP contribution is 2.21. The van der Waals surface area contributed by atoms with Crippen molar-refractivity contribution >= 4 is 5.91 Å². The number of para-hydroxylation sites is 1. The van der Waals surface area contributed by atoms with Gasteiger partial charge in [-0.2, -0.15) is 0 Å². The van der Waals surface area contributed by atoms with Gasteiger partial charge < -0.3 is 10.2 Å². The summed E-state index contributed by atoms with van der Waals surface area (Å²) >= 11 is 0. The predicted molar refractivity (Wildman–Crippen MR) is 93.4 cm³/mol. The van der Waals surface area contributed by atoms with Gasteiger partial charge in [0.25, 0.3) is 5.91 Å². The number of aromatic nitrogens is 3. The van der Waals surface area contributed by atoms with Crippen LogP contribution in [0.1, 0.15) is 49.1 Å². The Labute approximate surface area is 147 Å². The second-order valence-electron chi connectivity index (χ2n) is 6.69. The minimum absolute atomic E-state index is 0.0140. The molecular formula is C18H24FN5O. The minimum atomic E-state index is -0.387. The summed E-state index contributed by atoms with van der Waals surface area (Å²) in [6, 6.07) is 6.68. The van der Waals surface area contributed by atoms with E-state index in [1.807, 2.05) is 20.9 Å². The van der Waals surface area contributed by atoms with Crippen LogP contribution >= 0.6 is 0 Å². The summed E-state index contributed by atoms with van der Waals surface area (Å²) in [4.78, 5) is 19.0. The number of amides is 1. The molecule has 7 heteroatoms. The molecule has 1 fully saturated rings. The number of nitrogens with zero attached hydrogens (tertiary/aromatic N) is 4. The standard InChI is InChI=1S/C18H24FN5O/c1-12(2)17-21-16(18(25)23-10-6-7-13(11-23)20-3)22-24(17)15-9-5-4-8-14(15)19/h4-5,8-9,12-13,20H,6-7,10-11H2,1-3H3. The van der Waals surface area contributed by atoms with Gasteiger partial charge in [-0.25, -0.2) is 14.1 Å². The minimum Gasteiger partial charge on any atom is -0.334 e. The molecule has 3 rings (SSSR count). The van der Waals surface area contributed by atoms with Gasteiger partial charge in [-0.3, -0.25) is 4.79 Å². The lowest BCUT2D eigenvalue weighted by molar-refractivity contribution is 0.0685. The Morgan fingerprint density at radius 1 is 1.36 bits per heavy atom. The molecule has 2 aromatic rings. The maximum atomic E-state index is 14.2. The number of benzene rings is 1. The van der Waals surface area contributed by atoms with E-state index in [1.54, 1.807) is 23.1 Å². The van der Waals surface area contributed by atoms with Crippen molar-refractivity contribution in [3.05, 3.63) is 41.7 Å². The fraction of sp³-hybridized carbons (Fsp3) is 0.500. The first-order chi connectivity index (χ1) is 12.0. The van der Waals surface area contributed by atoms with Gasteiger partial charge in [0.1, 0.15) is 17.3 Å². The highest BCUT2D eigenvalue weighted by Gasteiger charge is 2.28. The van der Waals surface area contributed by atoms with Crippen molar-refractivity contribution in [2.24, 2.45) is 0 Å². The monoisotopic (exact) mass is 345 g/mol.